The van der Waals surface area contributed by atoms with E-state index in [1.807, 2.05) is 6.07 Å². The molecule has 0 saturated heterocycles. The van der Waals surface area contributed by atoms with Crippen LogP contribution in [0.2, 0.25) is 0 Å². The van der Waals surface area contributed by atoms with E-state index < -0.39 is 0 Å². The van der Waals surface area contributed by atoms with Crippen LogP contribution in [0.25, 0.3) is 11.4 Å². The van der Waals surface area contributed by atoms with Crippen LogP contribution in [0, 0.1) is 0 Å². The Morgan fingerprint density at radius 2 is 2.33 bits per heavy atom. The number of rotatable bonds is 1. The number of H-pyrrole nitrogens is 1. The summed E-state index contributed by atoms with van der Waals surface area (Å²) in [6, 6.07) is 5.33. The first-order chi connectivity index (χ1) is 7.34. The monoisotopic (exact) mass is 202 g/mol. The lowest BCUT2D eigenvalue weighted by molar-refractivity contribution is 0.0535. The Balaban J connectivity index is 2.11. The molecule has 1 N–H and O–H groups in total. The first-order valence-electron chi connectivity index (χ1n) is 4.38. The van der Waals surface area contributed by atoms with Crippen LogP contribution in [-0.4, -0.2) is 26.6 Å². The van der Waals surface area contributed by atoms with Crippen LogP contribution in [0.4, 0.5) is 0 Å². The van der Waals surface area contributed by atoms with Gasteiger partial charge in [0.2, 0.25) is 5.82 Å². The second-order valence-electron chi connectivity index (χ2n) is 3.18. The molecule has 1 aliphatic rings. The van der Waals surface area contributed by atoms with Gasteiger partial charge in [-0.05, 0) is 17.3 Å². The molecule has 0 bridgehead atoms. The normalized spacial score (nSPS) is 13.7. The highest BCUT2D eigenvalue weighted by atomic mass is 16.5. The van der Waals surface area contributed by atoms with Crippen LogP contribution >= 0.6 is 0 Å². The van der Waals surface area contributed by atoms with E-state index >= 15 is 0 Å². The molecule has 6 nitrogen and oxygen atoms in total. The summed E-state index contributed by atoms with van der Waals surface area (Å²) >= 11 is 0. The Morgan fingerprint density at radius 3 is 3.13 bits per heavy atom. The number of benzene rings is 1. The first kappa shape index (κ1) is 8.10. The molecule has 0 fully saturated rings. The van der Waals surface area contributed by atoms with Gasteiger partial charge in [0, 0.05) is 11.1 Å². The number of cyclic esters (lactones) is 1. The van der Waals surface area contributed by atoms with Crippen molar-refractivity contribution in [1.82, 2.24) is 20.6 Å². The van der Waals surface area contributed by atoms with Crippen LogP contribution in [-0.2, 0) is 11.3 Å². The van der Waals surface area contributed by atoms with Crippen LogP contribution in [0.1, 0.15) is 15.9 Å². The van der Waals surface area contributed by atoms with Crippen molar-refractivity contribution in [1.29, 1.82) is 0 Å². The van der Waals surface area contributed by atoms with Crippen molar-refractivity contribution in [3.63, 3.8) is 0 Å². The Kier molecular flexibility index (Phi) is 1.55. The minimum Gasteiger partial charge on any atom is -0.457 e. The number of nitrogens with one attached hydrogen (secondary N) is 1. The van der Waals surface area contributed by atoms with Crippen molar-refractivity contribution in [3.8, 4) is 11.4 Å². The molecule has 0 saturated carbocycles. The number of esters is 1. The largest absolute Gasteiger partial charge is 0.457 e. The summed E-state index contributed by atoms with van der Waals surface area (Å²) in [5, 5.41) is 13.6. The van der Waals surface area contributed by atoms with Gasteiger partial charge < -0.3 is 4.74 Å². The fourth-order valence-electron chi connectivity index (χ4n) is 1.56. The average Bonchev–Trinajstić information content (AvgIpc) is 2.88. The number of aromatic amines is 1. The van der Waals surface area contributed by atoms with Gasteiger partial charge in [0.25, 0.3) is 0 Å². The molecule has 2 aromatic rings. The number of tetrazole rings is 1. The number of fused-ring (bicyclic) bond motifs is 1. The lowest BCUT2D eigenvalue weighted by atomic mass is 10.1. The number of aromatic nitrogens is 4. The molecule has 6 heteroatoms. The molecule has 1 aliphatic heterocycles. The molecule has 15 heavy (non-hydrogen) atoms. The van der Waals surface area contributed by atoms with E-state index in [0.29, 0.717) is 18.0 Å². The van der Waals surface area contributed by atoms with E-state index in [2.05, 4.69) is 20.6 Å². The van der Waals surface area contributed by atoms with E-state index in [-0.39, 0.29) is 5.97 Å². The zero-order chi connectivity index (χ0) is 10.3. The second-order valence-corrected chi connectivity index (χ2v) is 3.18. The Labute approximate surface area is 84.3 Å². The summed E-state index contributed by atoms with van der Waals surface area (Å²) in [6.45, 7) is 0.319. The number of hydrogen-bond acceptors (Lipinski definition) is 5. The second kappa shape index (κ2) is 2.88. The maximum atomic E-state index is 11.2. The van der Waals surface area contributed by atoms with Gasteiger partial charge in [-0.15, -0.1) is 10.2 Å². The van der Waals surface area contributed by atoms with E-state index in [9.17, 15) is 4.79 Å². The van der Waals surface area contributed by atoms with E-state index in [1.165, 1.54) is 0 Å². The van der Waals surface area contributed by atoms with E-state index in [4.69, 9.17) is 4.74 Å². The molecule has 0 aliphatic carbocycles. The van der Waals surface area contributed by atoms with E-state index in [1.54, 1.807) is 12.1 Å². The maximum Gasteiger partial charge on any atom is 0.338 e. The third-order valence-corrected chi connectivity index (χ3v) is 2.29. The van der Waals surface area contributed by atoms with Gasteiger partial charge in [-0.1, -0.05) is 6.07 Å². The smallest absolute Gasteiger partial charge is 0.338 e. The molecule has 74 valence electrons. The molecule has 1 aromatic carbocycles. The molecule has 0 spiro atoms. The number of hydrogen-bond donors (Lipinski definition) is 1. The van der Waals surface area contributed by atoms with Gasteiger partial charge in [-0.3, -0.25) is 0 Å². The van der Waals surface area contributed by atoms with Crippen LogP contribution in [0.15, 0.2) is 18.2 Å². The first-order valence-corrected chi connectivity index (χ1v) is 4.38. The molecule has 0 radical (unpaired) electrons. The van der Waals surface area contributed by atoms with Crippen LogP contribution in [0.5, 0.6) is 0 Å². The highest BCUT2D eigenvalue weighted by molar-refractivity contribution is 5.93. The minimum atomic E-state index is -0.273. The standard InChI is InChI=1S/C9H6N4O2/c14-9-7-2-1-5(3-6(7)4-15-9)8-10-12-13-11-8/h1-3H,4H2,(H,10,11,12,13). The fraction of sp³-hybridized carbons (Fsp3) is 0.111. The van der Waals surface area contributed by atoms with Crippen molar-refractivity contribution in [2.24, 2.45) is 0 Å². The highest BCUT2D eigenvalue weighted by Gasteiger charge is 2.21. The quantitative estimate of drug-likeness (QED) is 0.682. The predicted octanol–water partition coefficient (Wildman–Crippen LogP) is 0.537. The molecule has 0 amide bonds. The SMILES string of the molecule is O=C1OCc2cc(-c3nn[nH]n3)ccc21. The van der Waals surface area contributed by atoms with Gasteiger partial charge in [0.1, 0.15) is 6.61 Å². The van der Waals surface area contributed by atoms with Crippen molar-refractivity contribution >= 4 is 5.97 Å². The Hall–Kier alpha value is -2.24. The number of nitrogens with zero attached hydrogens (tertiary/aromatic N) is 3. The third kappa shape index (κ3) is 1.18. The van der Waals surface area contributed by atoms with Crippen molar-refractivity contribution in [3.05, 3.63) is 29.3 Å². The summed E-state index contributed by atoms with van der Waals surface area (Å²) in [4.78, 5) is 11.2. The summed E-state index contributed by atoms with van der Waals surface area (Å²) in [6.07, 6.45) is 0. The molecule has 2 heterocycles. The Morgan fingerprint density at radius 1 is 1.40 bits per heavy atom. The topological polar surface area (TPSA) is 80.8 Å². The molecular formula is C9H6N4O2. The number of carbonyl (C=O) groups excluding carboxylic acids is 1. The van der Waals surface area contributed by atoms with E-state index in [0.717, 1.165) is 11.1 Å². The summed E-state index contributed by atoms with van der Waals surface area (Å²) in [5.74, 6) is 0.238. The molecule has 0 unspecified atom stereocenters. The maximum absolute atomic E-state index is 11.2. The van der Waals surface area contributed by atoms with Gasteiger partial charge in [0.05, 0.1) is 5.56 Å². The fourth-order valence-corrected chi connectivity index (χ4v) is 1.56. The average molecular weight is 202 g/mol. The van der Waals surface area contributed by atoms with Gasteiger partial charge in [-0.25, -0.2) is 4.79 Å². The zero-order valence-electron chi connectivity index (χ0n) is 7.60. The summed E-state index contributed by atoms with van der Waals surface area (Å²) < 4.78 is 4.89. The molecule has 3 rings (SSSR count). The summed E-state index contributed by atoms with van der Waals surface area (Å²) in [7, 11) is 0. The van der Waals surface area contributed by atoms with Crippen LogP contribution < -0.4 is 0 Å². The lowest BCUT2D eigenvalue weighted by Gasteiger charge is -1.96. The zero-order valence-corrected chi connectivity index (χ0v) is 7.60. The lowest BCUT2D eigenvalue weighted by Crippen LogP contribution is -1.93. The van der Waals surface area contributed by atoms with Crippen LogP contribution in [0.3, 0.4) is 0 Å². The molecule has 1 aromatic heterocycles. The Bertz CT molecular complexity index is 521. The van der Waals surface area contributed by atoms with Gasteiger partial charge in [0.15, 0.2) is 0 Å². The van der Waals surface area contributed by atoms with Crippen molar-refractivity contribution in [2.45, 2.75) is 6.61 Å². The van der Waals surface area contributed by atoms with Gasteiger partial charge in [-0.2, -0.15) is 5.21 Å². The number of carbonyl (C=O) groups is 1. The molecular weight excluding hydrogens is 196 g/mol. The minimum absolute atomic E-state index is 0.273. The molecule has 0 atom stereocenters. The van der Waals surface area contributed by atoms with Crippen molar-refractivity contribution < 1.29 is 9.53 Å². The third-order valence-electron chi connectivity index (χ3n) is 2.29. The van der Waals surface area contributed by atoms with Gasteiger partial charge >= 0.3 is 5.97 Å². The number of ether oxygens (including phenoxy) is 1. The predicted molar refractivity (Wildman–Crippen MR) is 48.7 cm³/mol. The highest BCUT2D eigenvalue weighted by Crippen LogP contribution is 2.24. The van der Waals surface area contributed by atoms with Crippen molar-refractivity contribution in [2.75, 3.05) is 0 Å². The summed E-state index contributed by atoms with van der Waals surface area (Å²) in [5.41, 5.74) is 2.30.